The molecule has 82 valence electrons. The molecule has 0 aromatic rings. The standard InChI is InChI=1S/C10H21N3O/c1-11(2)5-6-12(3)10-9-14-8-7-13(10)4/h9H,5-8H2,1-4H3. The van der Waals surface area contributed by atoms with E-state index in [1.54, 1.807) is 0 Å². The molecule has 14 heavy (non-hydrogen) atoms. The van der Waals surface area contributed by atoms with Crippen molar-refractivity contribution in [3.63, 3.8) is 0 Å². The molecule has 0 fully saturated rings. The van der Waals surface area contributed by atoms with Gasteiger partial charge >= 0.3 is 0 Å². The van der Waals surface area contributed by atoms with E-state index in [9.17, 15) is 0 Å². The van der Waals surface area contributed by atoms with Crippen molar-refractivity contribution in [3.8, 4) is 0 Å². The zero-order valence-electron chi connectivity index (χ0n) is 9.66. The number of hydrogen-bond acceptors (Lipinski definition) is 4. The Bertz CT molecular complexity index is 204. The van der Waals surface area contributed by atoms with E-state index in [0.717, 1.165) is 32.1 Å². The van der Waals surface area contributed by atoms with Crippen LogP contribution in [0, 0.1) is 0 Å². The van der Waals surface area contributed by atoms with Gasteiger partial charge in [0.25, 0.3) is 0 Å². The van der Waals surface area contributed by atoms with Gasteiger partial charge in [0.2, 0.25) is 0 Å². The topological polar surface area (TPSA) is 19.0 Å². The van der Waals surface area contributed by atoms with Crippen molar-refractivity contribution in [2.24, 2.45) is 0 Å². The lowest BCUT2D eigenvalue weighted by Crippen LogP contribution is -2.38. The molecular formula is C10H21N3O. The average Bonchev–Trinajstić information content (AvgIpc) is 2.15. The number of nitrogens with zero attached hydrogens (tertiary/aromatic N) is 3. The van der Waals surface area contributed by atoms with Gasteiger partial charge < -0.3 is 19.4 Å². The van der Waals surface area contributed by atoms with Crippen LogP contribution in [0.3, 0.4) is 0 Å². The molecule has 0 saturated heterocycles. The molecule has 1 aliphatic heterocycles. The number of ether oxygens (including phenoxy) is 1. The van der Waals surface area contributed by atoms with Crippen molar-refractivity contribution in [3.05, 3.63) is 12.1 Å². The minimum atomic E-state index is 0.793. The predicted octanol–water partition coefficient (Wildman–Crippen LogP) is 0.241. The van der Waals surface area contributed by atoms with E-state index in [-0.39, 0.29) is 0 Å². The zero-order valence-corrected chi connectivity index (χ0v) is 9.66. The number of hydrogen-bond donors (Lipinski definition) is 0. The monoisotopic (exact) mass is 199 g/mol. The van der Waals surface area contributed by atoms with Gasteiger partial charge in [-0.3, -0.25) is 0 Å². The van der Waals surface area contributed by atoms with E-state index in [2.05, 4.69) is 42.9 Å². The minimum Gasteiger partial charge on any atom is -0.496 e. The highest BCUT2D eigenvalue weighted by molar-refractivity contribution is 4.97. The predicted molar refractivity (Wildman–Crippen MR) is 57.8 cm³/mol. The van der Waals surface area contributed by atoms with E-state index >= 15 is 0 Å². The maximum Gasteiger partial charge on any atom is 0.139 e. The van der Waals surface area contributed by atoms with Crippen LogP contribution in [0.15, 0.2) is 12.1 Å². The van der Waals surface area contributed by atoms with Crippen LogP contribution in [0.4, 0.5) is 0 Å². The Morgan fingerprint density at radius 3 is 2.64 bits per heavy atom. The first-order valence-corrected chi connectivity index (χ1v) is 5.00. The Morgan fingerprint density at radius 2 is 2.07 bits per heavy atom. The van der Waals surface area contributed by atoms with Crippen LogP contribution in [-0.2, 0) is 4.74 Å². The normalized spacial score (nSPS) is 16.6. The number of likely N-dealkylation sites (N-methyl/N-ethyl adjacent to an activating group) is 3. The molecule has 0 atom stereocenters. The summed E-state index contributed by atoms with van der Waals surface area (Å²) in [7, 11) is 8.37. The maximum absolute atomic E-state index is 5.32. The van der Waals surface area contributed by atoms with E-state index in [1.807, 2.05) is 6.26 Å². The van der Waals surface area contributed by atoms with E-state index in [1.165, 1.54) is 0 Å². The van der Waals surface area contributed by atoms with Gasteiger partial charge in [0.05, 0.1) is 6.54 Å². The van der Waals surface area contributed by atoms with Gasteiger partial charge in [0, 0.05) is 27.2 Å². The molecule has 0 saturated carbocycles. The average molecular weight is 199 g/mol. The molecule has 0 radical (unpaired) electrons. The molecule has 4 nitrogen and oxygen atoms in total. The van der Waals surface area contributed by atoms with Gasteiger partial charge in [0.1, 0.15) is 18.7 Å². The molecule has 0 spiro atoms. The third-order valence-electron chi connectivity index (χ3n) is 2.40. The summed E-state index contributed by atoms with van der Waals surface area (Å²) < 4.78 is 5.32. The van der Waals surface area contributed by atoms with Gasteiger partial charge in [-0.1, -0.05) is 0 Å². The first-order valence-electron chi connectivity index (χ1n) is 5.00. The molecule has 0 bridgehead atoms. The van der Waals surface area contributed by atoms with Gasteiger partial charge in [-0.05, 0) is 14.1 Å². The fourth-order valence-corrected chi connectivity index (χ4v) is 1.37. The summed E-state index contributed by atoms with van der Waals surface area (Å²) in [5, 5.41) is 0. The molecule has 0 aliphatic carbocycles. The van der Waals surface area contributed by atoms with Gasteiger partial charge in [-0.25, -0.2) is 0 Å². The lowest BCUT2D eigenvalue weighted by Gasteiger charge is -2.33. The van der Waals surface area contributed by atoms with Crippen LogP contribution >= 0.6 is 0 Å². The molecule has 0 unspecified atom stereocenters. The van der Waals surface area contributed by atoms with E-state index < -0.39 is 0 Å². The molecule has 0 amide bonds. The highest BCUT2D eigenvalue weighted by Crippen LogP contribution is 2.10. The molecular weight excluding hydrogens is 178 g/mol. The van der Waals surface area contributed by atoms with Crippen molar-refractivity contribution in [1.29, 1.82) is 0 Å². The highest BCUT2D eigenvalue weighted by Gasteiger charge is 2.13. The van der Waals surface area contributed by atoms with Crippen molar-refractivity contribution < 1.29 is 4.74 Å². The smallest absolute Gasteiger partial charge is 0.139 e. The van der Waals surface area contributed by atoms with Crippen LogP contribution < -0.4 is 0 Å². The van der Waals surface area contributed by atoms with Crippen molar-refractivity contribution in [1.82, 2.24) is 14.7 Å². The summed E-state index contributed by atoms with van der Waals surface area (Å²) in [5.41, 5.74) is 0. The van der Waals surface area contributed by atoms with Crippen molar-refractivity contribution in [2.75, 3.05) is 54.4 Å². The fourth-order valence-electron chi connectivity index (χ4n) is 1.37. The van der Waals surface area contributed by atoms with E-state index in [4.69, 9.17) is 4.74 Å². The lowest BCUT2D eigenvalue weighted by atomic mass is 10.4. The first-order chi connectivity index (χ1) is 6.61. The number of rotatable bonds is 4. The third-order valence-corrected chi connectivity index (χ3v) is 2.40. The SMILES string of the molecule is CN(C)CCN(C)C1=COCCN1C. The van der Waals surface area contributed by atoms with Gasteiger partial charge in [0.15, 0.2) is 0 Å². The lowest BCUT2D eigenvalue weighted by molar-refractivity contribution is 0.130. The Balaban J connectivity index is 2.42. The van der Waals surface area contributed by atoms with E-state index in [0.29, 0.717) is 0 Å². The molecule has 4 heteroatoms. The Labute approximate surface area is 86.7 Å². The Morgan fingerprint density at radius 1 is 1.36 bits per heavy atom. The van der Waals surface area contributed by atoms with Crippen molar-refractivity contribution in [2.45, 2.75) is 0 Å². The first kappa shape index (κ1) is 11.2. The molecule has 0 aromatic heterocycles. The second-order valence-corrected chi connectivity index (χ2v) is 3.99. The van der Waals surface area contributed by atoms with Crippen LogP contribution in [-0.4, -0.2) is 69.1 Å². The molecule has 1 rings (SSSR count). The second-order valence-electron chi connectivity index (χ2n) is 3.99. The quantitative estimate of drug-likeness (QED) is 0.645. The Kier molecular flexibility index (Phi) is 4.07. The van der Waals surface area contributed by atoms with Crippen LogP contribution in [0.2, 0.25) is 0 Å². The summed E-state index contributed by atoms with van der Waals surface area (Å²) in [4.78, 5) is 6.62. The summed E-state index contributed by atoms with van der Waals surface area (Å²) in [6, 6.07) is 0. The van der Waals surface area contributed by atoms with Gasteiger partial charge in [-0.15, -0.1) is 0 Å². The van der Waals surface area contributed by atoms with Crippen LogP contribution in [0.5, 0.6) is 0 Å². The molecule has 0 N–H and O–H groups in total. The molecule has 1 heterocycles. The highest BCUT2D eigenvalue weighted by atomic mass is 16.5. The summed E-state index contributed by atoms with van der Waals surface area (Å²) in [6.45, 7) is 3.84. The minimum absolute atomic E-state index is 0.793. The summed E-state index contributed by atoms with van der Waals surface area (Å²) >= 11 is 0. The van der Waals surface area contributed by atoms with Crippen LogP contribution in [0.1, 0.15) is 0 Å². The fraction of sp³-hybridized carbons (Fsp3) is 0.800. The maximum atomic E-state index is 5.32. The van der Waals surface area contributed by atoms with Crippen molar-refractivity contribution >= 4 is 0 Å². The molecule has 0 aromatic carbocycles. The Hall–Kier alpha value is -0.900. The zero-order chi connectivity index (χ0) is 10.6. The summed E-state index contributed by atoms with van der Waals surface area (Å²) in [5.74, 6) is 1.16. The van der Waals surface area contributed by atoms with Gasteiger partial charge in [-0.2, -0.15) is 0 Å². The second kappa shape index (κ2) is 5.10. The van der Waals surface area contributed by atoms with Crippen LogP contribution in [0.25, 0.3) is 0 Å². The molecule has 1 aliphatic rings. The largest absolute Gasteiger partial charge is 0.496 e. The summed E-state index contributed by atoms with van der Waals surface area (Å²) in [6.07, 6.45) is 1.85. The third kappa shape index (κ3) is 3.10.